The molecule has 1 atom stereocenters. The van der Waals surface area contributed by atoms with Gasteiger partial charge in [-0.2, -0.15) is 0 Å². The SMILES string of the molecule is COC(=O)C(C)(N)CC/C(F)=C\CN=C(C)N. The Morgan fingerprint density at radius 1 is 1.59 bits per heavy atom. The van der Waals surface area contributed by atoms with Crippen molar-refractivity contribution < 1.29 is 13.9 Å². The first-order valence-corrected chi connectivity index (χ1v) is 5.28. The number of hydrogen-bond acceptors (Lipinski definition) is 4. The van der Waals surface area contributed by atoms with E-state index in [1.807, 2.05) is 0 Å². The first kappa shape index (κ1) is 15.6. The molecule has 0 spiro atoms. The number of carbonyl (C=O) groups is 1. The minimum absolute atomic E-state index is 0.0707. The molecule has 1 unspecified atom stereocenters. The largest absolute Gasteiger partial charge is 0.468 e. The molecule has 0 fully saturated rings. The number of aliphatic imine (C=N–C) groups is 1. The number of nitrogens with two attached hydrogens (primary N) is 2. The van der Waals surface area contributed by atoms with Crippen LogP contribution in [-0.4, -0.2) is 31.0 Å². The highest BCUT2D eigenvalue weighted by Crippen LogP contribution is 2.16. The van der Waals surface area contributed by atoms with Gasteiger partial charge in [-0.15, -0.1) is 0 Å². The molecular weight excluding hydrogens is 225 g/mol. The molecule has 0 radical (unpaired) electrons. The van der Waals surface area contributed by atoms with E-state index in [4.69, 9.17) is 11.5 Å². The molecule has 0 bridgehead atoms. The monoisotopic (exact) mass is 245 g/mol. The van der Waals surface area contributed by atoms with Gasteiger partial charge in [0.05, 0.1) is 25.3 Å². The molecule has 0 rings (SSSR count). The molecule has 0 aliphatic rings. The summed E-state index contributed by atoms with van der Waals surface area (Å²) < 4.78 is 17.8. The van der Waals surface area contributed by atoms with Crippen molar-refractivity contribution in [3.8, 4) is 0 Å². The molecule has 5 nitrogen and oxygen atoms in total. The summed E-state index contributed by atoms with van der Waals surface area (Å²) in [5.41, 5.74) is 9.80. The first-order chi connectivity index (χ1) is 7.79. The zero-order valence-corrected chi connectivity index (χ0v) is 10.5. The van der Waals surface area contributed by atoms with Crippen LogP contribution in [0.1, 0.15) is 26.7 Å². The Balaban J connectivity index is 4.19. The fourth-order valence-corrected chi connectivity index (χ4v) is 1.11. The Morgan fingerprint density at radius 2 is 2.18 bits per heavy atom. The third kappa shape index (κ3) is 6.68. The lowest BCUT2D eigenvalue weighted by molar-refractivity contribution is -0.146. The molecule has 0 heterocycles. The quantitative estimate of drug-likeness (QED) is 0.413. The van der Waals surface area contributed by atoms with Crippen LogP contribution in [0.15, 0.2) is 16.9 Å². The lowest BCUT2D eigenvalue weighted by atomic mass is 9.97. The molecule has 6 heteroatoms. The number of amidine groups is 1. The summed E-state index contributed by atoms with van der Waals surface area (Å²) in [5, 5.41) is 0. The number of hydrogen-bond donors (Lipinski definition) is 2. The molecule has 17 heavy (non-hydrogen) atoms. The lowest BCUT2D eigenvalue weighted by Gasteiger charge is -2.20. The van der Waals surface area contributed by atoms with Crippen LogP contribution in [0.3, 0.4) is 0 Å². The summed E-state index contributed by atoms with van der Waals surface area (Å²) in [5.74, 6) is -0.524. The Bertz CT molecular complexity index is 321. The molecule has 0 saturated heterocycles. The Kier molecular flexibility index (Phi) is 6.42. The third-order valence-electron chi connectivity index (χ3n) is 2.19. The van der Waals surface area contributed by atoms with E-state index in [1.54, 1.807) is 6.92 Å². The maximum absolute atomic E-state index is 13.3. The van der Waals surface area contributed by atoms with Gasteiger partial charge in [0.2, 0.25) is 0 Å². The Morgan fingerprint density at radius 3 is 2.65 bits per heavy atom. The fourth-order valence-electron chi connectivity index (χ4n) is 1.11. The van der Waals surface area contributed by atoms with Crippen LogP contribution >= 0.6 is 0 Å². The lowest BCUT2D eigenvalue weighted by Crippen LogP contribution is -2.45. The highest BCUT2D eigenvalue weighted by Gasteiger charge is 2.29. The summed E-state index contributed by atoms with van der Waals surface area (Å²) in [7, 11) is 1.25. The highest BCUT2D eigenvalue weighted by molar-refractivity contribution is 5.79. The van der Waals surface area contributed by atoms with Gasteiger partial charge < -0.3 is 16.2 Å². The van der Waals surface area contributed by atoms with E-state index in [2.05, 4.69) is 9.73 Å². The third-order valence-corrected chi connectivity index (χ3v) is 2.19. The second-order valence-electron chi connectivity index (χ2n) is 4.04. The van der Waals surface area contributed by atoms with Gasteiger partial charge in [-0.05, 0) is 26.3 Å². The molecular formula is C11H20FN3O2. The number of halogens is 1. The summed E-state index contributed by atoms with van der Waals surface area (Å²) >= 11 is 0. The fraction of sp³-hybridized carbons (Fsp3) is 0.636. The van der Waals surface area contributed by atoms with Crippen LogP contribution in [0.5, 0.6) is 0 Å². The van der Waals surface area contributed by atoms with Crippen molar-refractivity contribution in [1.82, 2.24) is 0 Å². The standard InChI is InChI=1S/C11H20FN3O2/c1-8(13)15-7-5-9(12)4-6-11(2,14)10(16)17-3/h5H,4,6-7,14H2,1-3H3,(H2,13,15)/b9-5+. The van der Waals surface area contributed by atoms with E-state index in [0.717, 1.165) is 0 Å². The number of rotatable bonds is 6. The molecule has 0 aliphatic heterocycles. The van der Waals surface area contributed by atoms with Crippen molar-refractivity contribution in [2.75, 3.05) is 13.7 Å². The zero-order chi connectivity index (χ0) is 13.5. The van der Waals surface area contributed by atoms with Gasteiger partial charge in [-0.1, -0.05) is 0 Å². The van der Waals surface area contributed by atoms with E-state index < -0.39 is 11.5 Å². The Hall–Kier alpha value is -1.43. The average molecular weight is 245 g/mol. The number of carbonyl (C=O) groups excluding carboxylic acids is 1. The van der Waals surface area contributed by atoms with Crippen molar-refractivity contribution >= 4 is 11.8 Å². The Labute approximate surface area is 101 Å². The van der Waals surface area contributed by atoms with Gasteiger partial charge in [0, 0.05) is 6.42 Å². The maximum Gasteiger partial charge on any atom is 0.325 e. The predicted molar refractivity (Wildman–Crippen MR) is 65.2 cm³/mol. The topological polar surface area (TPSA) is 90.7 Å². The minimum atomic E-state index is -1.17. The second-order valence-corrected chi connectivity index (χ2v) is 4.04. The number of allylic oxidation sites excluding steroid dienone is 1. The van der Waals surface area contributed by atoms with Gasteiger partial charge in [0.15, 0.2) is 0 Å². The van der Waals surface area contributed by atoms with E-state index >= 15 is 0 Å². The van der Waals surface area contributed by atoms with Crippen LogP contribution in [-0.2, 0) is 9.53 Å². The summed E-state index contributed by atoms with van der Waals surface area (Å²) in [4.78, 5) is 15.0. The van der Waals surface area contributed by atoms with Gasteiger partial charge >= 0.3 is 5.97 Å². The van der Waals surface area contributed by atoms with Gasteiger partial charge in [0.1, 0.15) is 5.54 Å². The molecule has 0 aromatic rings. The molecule has 0 aromatic carbocycles. The van der Waals surface area contributed by atoms with Crippen LogP contribution < -0.4 is 11.5 Å². The number of esters is 1. The summed E-state index contributed by atoms with van der Waals surface area (Å²) in [6, 6.07) is 0. The van der Waals surface area contributed by atoms with E-state index in [-0.39, 0.29) is 25.2 Å². The molecule has 0 saturated carbocycles. The van der Waals surface area contributed by atoms with Crippen LogP contribution in [0, 0.1) is 0 Å². The van der Waals surface area contributed by atoms with Crippen molar-refractivity contribution in [3.63, 3.8) is 0 Å². The number of ether oxygens (including phenoxy) is 1. The van der Waals surface area contributed by atoms with E-state index in [9.17, 15) is 9.18 Å². The maximum atomic E-state index is 13.3. The molecule has 0 amide bonds. The first-order valence-electron chi connectivity index (χ1n) is 5.28. The number of nitrogens with zero attached hydrogens (tertiary/aromatic N) is 1. The van der Waals surface area contributed by atoms with Crippen LogP contribution in [0.25, 0.3) is 0 Å². The van der Waals surface area contributed by atoms with Crippen molar-refractivity contribution in [2.24, 2.45) is 16.5 Å². The zero-order valence-electron chi connectivity index (χ0n) is 10.5. The average Bonchev–Trinajstić information content (AvgIpc) is 2.24. The van der Waals surface area contributed by atoms with E-state index in [1.165, 1.54) is 20.1 Å². The molecule has 0 aromatic heterocycles. The van der Waals surface area contributed by atoms with Gasteiger partial charge in [-0.25, -0.2) is 4.39 Å². The number of methoxy groups -OCH3 is 1. The molecule has 98 valence electrons. The molecule has 4 N–H and O–H groups in total. The van der Waals surface area contributed by atoms with Crippen molar-refractivity contribution in [1.29, 1.82) is 0 Å². The van der Waals surface area contributed by atoms with Crippen LogP contribution in [0.4, 0.5) is 4.39 Å². The van der Waals surface area contributed by atoms with Crippen molar-refractivity contribution in [3.05, 3.63) is 11.9 Å². The van der Waals surface area contributed by atoms with Crippen molar-refractivity contribution in [2.45, 2.75) is 32.2 Å². The minimum Gasteiger partial charge on any atom is -0.468 e. The van der Waals surface area contributed by atoms with Gasteiger partial charge in [-0.3, -0.25) is 9.79 Å². The summed E-state index contributed by atoms with van der Waals surface area (Å²) in [6.07, 6.45) is 1.55. The molecule has 0 aliphatic carbocycles. The highest BCUT2D eigenvalue weighted by atomic mass is 19.1. The van der Waals surface area contributed by atoms with Gasteiger partial charge in [0.25, 0.3) is 0 Å². The predicted octanol–water partition coefficient (Wildman–Crippen LogP) is 0.887. The normalized spacial score (nSPS) is 16.5. The summed E-state index contributed by atoms with van der Waals surface area (Å²) in [6.45, 7) is 3.32. The van der Waals surface area contributed by atoms with E-state index in [0.29, 0.717) is 5.84 Å². The smallest absolute Gasteiger partial charge is 0.325 e. The van der Waals surface area contributed by atoms with Crippen LogP contribution in [0.2, 0.25) is 0 Å². The second kappa shape index (κ2) is 7.01.